The zero-order valence-electron chi connectivity index (χ0n) is 14.7. The van der Waals surface area contributed by atoms with Crippen molar-refractivity contribution in [3.05, 3.63) is 41.6 Å². The average molecular weight is 361 g/mol. The van der Waals surface area contributed by atoms with Gasteiger partial charge >= 0.3 is 0 Å². The van der Waals surface area contributed by atoms with Crippen LogP contribution in [0.3, 0.4) is 0 Å². The van der Waals surface area contributed by atoms with Crippen LogP contribution in [0.1, 0.15) is 36.8 Å². The quantitative estimate of drug-likeness (QED) is 0.908. The van der Waals surface area contributed by atoms with Gasteiger partial charge in [0.2, 0.25) is 5.91 Å². The minimum atomic E-state index is -3.81. The highest BCUT2D eigenvalue weighted by Crippen LogP contribution is 2.42. The van der Waals surface area contributed by atoms with Crippen LogP contribution in [0.15, 0.2) is 35.4 Å². The van der Waals surface area contributed by atoms with Gasteiger partial charge in [0, 0.05) is 19.3 Å². The predicted octanol–water partition coefficient (Wildman–Crippen LogP) is 2.76. The van der Waals surface area contributed by atoms with Crippen LogP contribution in [0.25, 0.3) is 0 Å². The Hall–Kier alpha value is -2.15. The summed E-state index contributed by atoms with van der Waals surface area (Å²) in [4.78, 5) is 13.3. The molecule has 0 spiro atoms. The molecule has 1 N–H and O–H groups in total. The molecule has 0 radical (unpaired) electrons. The molecule has 3 rings (SSSR count). The molecule has 1 aliphatic carbocycles. The second-order valence-electron chi connectivity index (χ2n) is 6.80. The highest BCUT2D eigenvalue weighted by Gasteiger charge is 2.53. The van der Waals surface area contributed by atoms with E-state index in [9.17, 15) is 13.2 Å². The van der Waals surface area contributed by atoms with Crippen LogP contribution in [0.5, 0.6) is 0 Å². The number of nitrogens with zero attached hydrogens (tertiary/aromatic N) is 2. The van der Waals surface area contributed by atoms with Crippen molar-refractivity contribution in [3.63, 3.8) is 0 Å². The molecule has 1 amide bonds. The van der Waals surface area contributed by atoms with E-state index < -0.39 is 20.5 Å². The molecule has 0 aliphatic heterocycles. The Morgan fingerprint density at radius 1 is 1.20 bits per heavy atom. The summed E-state index contributed by atoms with van der Waals surface area (Å²) < 4.78 is 27.1. The lowest BCUT2D eigenvalue weighted by atomic mass is 10.1. The predicted molar refractivity (Wildman–Crippen MR) is 96.1 cm³/mol. The highest BCUT2D eigenvalue weighted by atomic mass is 32.2. The summed E-state index contributed by atoms with van der Waals surface area (Å²) in [7, 11) is -2.07. The summed E-state index contributed by atoms with van der Waals surface area (Å²) in [5.74, 6) is -0.112. The minimum Gasteiger partial charge on any atom is -0.308 e. The first-order valence-corrected chi connectivity index (χ1v) is 9.88. The standard InChI is InChI=1S/C18H23N3O3S/c1-13-6-7-14(2)15(12-13)25(23,24)18(9-4-5-10-18)17(22)19-16-8-11-21(3)20-16/h6-8,11-12H,4-5,9-10H2,1-3H3,(H,19,20,22). The number of anilines is 1. The van der Waals surface area contributed by atoms with Gasteiger partial charge in [0.1, 0.15) is 0 Å². The van der Waals surface area contributed by atoms with Gasteiger partial charge in [-0.2, -0.15) is 5.10 Å². The lowest BCUT2D eigenvalue weighted by Crippen LogP contribution is -2.47. The molecule has 1 aromatic heterocycles. The maximum absolute atomic E-state index is 13.5. The van der Waals surface area contributed by atoms with Gasteiger partial charge in [0.05, 0.1) is 4.90 Å². The molecule has 134 valence electrons. The first-order chi connectivity index (χ1) is 11.8. The van der Waals surface area contributed by atoms with Gasteiger partial charge in [-0.3, -0.25) is 9.48 Å². The first kappa shape index (κ1) is 17.7. The van der Waals surface area contributed by atoms with Crippen LogP contribution in [0, 0.1) is 13.8 Å². The molecule has 1 aliphatic rings. The fraction of sp³-hybridized carbons (Fsp3) is 0.444. The molecular weight excluding hydrogens is 338 g/mol. The maximum atomic E-state index is 13.5. The van der Waals surface area contributed by atoms with Crippen molar-refractivity contribution in [1.82, 2.24) is 9.78 Å². The molecule has 1 heterocycles. The summed E-state index contributed by atoms with van der Waals surface area (Å²) in [6, 6.07) is 7.00. The van der Waals surface area contributed by atoms with Gasteiger partial charge in [-0.05, 0) is 43.9 Å². The third-order valence-corrected chi connectivity index (χ3v) is 7.57. The molecule has 1 fully saturated rings. The number of aromatic nitrogens is 2. The van der Waals surface area contributed by atoms with Crippen molar-refractivity contribution in [2.24, 2.45) is 7.05 Å². The molecule has 0 atom stereocenters. The van der Waals surface area contributed by atoms with Crippen molar-refractivity contribution in [2.45, 2.75) is 49.2 Å². The molecular formula is C18H23N3O3S. The molecule has 2 aromatic rings. The van der Waals surface area contributed by atoms with E-state index in [1.807, 2.05) is 13.0 Å². The molecule has 0 bridgehead atoms. The SMILES string of the molecule is Cc1ccc(C)c(S(=O)(=O)C2(C(=O)Nc3ccn(C)n3)CCCC2)c1. The summed E-state index contributed by atoms with van der Waals surface area (Å²) in [6.07, 6.45) is 3.82. The van der Waals surface area contributed by atoms with Crippen LogP contribution in [-0.4, -0.2) is 28.9 Å². The number of amides is 1. The normalized spacial score (nSPS) is 16.8. The number of nitrogens with one attached hydrogen (secondary N) is 1. The van der Waals surface area contributed by atoms with Gasteiger partial charge < -0.3 is 5.32 Å². The Kier molecular flexibility index (Phi) is 4.45. The van der Waals surface area contributed by atoms with Crippen LogP contribution in [0.2, 0.25) is 0 Å². The number of hydrogen-bond acceptors (Lipinski definition) is 4. The number of carbonyl (C=O) groups excluding carboxylic acids is 1. The number of rotatable bonds is 4. The molecule has 25 heavy (non-hydrogen) atoms. The largest absolute Gasteiger partial charge is 0.308 e. The number of sulfone groups is 1. The third-order valence-electron chi connectivity index (χ3n) is 4.93. The zero-order chi connectivity index (χ0) is 18.2. The van der Waals surface area contributed by atoms with E-state index in [4.69, 9.17) is 0 Å². The van der Waals surface area contributed by atoms with Crippen LogP contribution < -0.4 is 5.32 Å². The summed E-state index contributed by atoms with van der Waals surface area (Å²) >= 11 is 0. The van der Waals surface area contributed by atoms with E-state index in [0.29, 0.717) is 24.2 Å². The van der Waals surface area contributed by atoms with Gasteiger partial charge in [0.15, 0.2) is 20.4 Å². The number of benzene rings is 1. The van der Waals surface area contributed by atoms with Crippen molar-refractivity contribution in [3.8, 4) is 0 Å². The third kappa shape index (κ3) is 2.97. The molecule has 1 aromatic carbocycles. The van der Waals surface area contributed by atoms with E-state index in [0.717, 1.165) is 18.4 Å². The Morgan fingerprint density at radius 2 is 1.88 bits per heavy atom. The fourth-order valence-corrected chi connectivity index (χ4v) is 5.86. The summed E-state index contributed by atoms with van der Waals surface area (Å²) in [5, 5.41) is 6.83. The lowest BCUT2D eigenvalue weighted by Gasteiger charge is -2.28. The Balaban J connectivity index is 2.04. The highest BCUT2D eigenvalue weighted by molar-refractivity contribution is 7.93. The second kappa shape index (κ2) is 6.29. The zero-order valence-corrected chi connectivity index (χ0v) is 15.6. The van der Waals surface area contributed by atoms with Crippen molar-refractivity contribution < 1.29 is 13.2 Å². The van der Waals surface area contributed by atoms with Gasteiger partial charge in [-0.25, -0.2) is 8.42 Å². The Morgan fingerprint density at radius 3 is 2.48 bits per heavy atom. The van der Waals surface area contributed by atoms with Crippen molar-refractivity contribution in [1.29, 1.82) is 0 Å². The van der Waals surface area contributed by atoms with E-state index in [1.165, 1.54) is 0 Å². The average Bonchev–Trinajstić information content (AvgIpc) is 3.19. The van der Waals surface area contributed by atoms with Crippen LogP contribution >= 0.6 is 0 Å². The molecule has 0 unspecified atom stereocenters. The first-order valence-electron chi connectivity index (χ1n) is 8.39. The number of carbonyl (C=O) groups is 1. The summed E-state index contributed by atoms with van der Waals surface area (Å²) in [5.41, 5.74) is 1.53. The molecule has 7 heteroatoms. The maximum Gasteiger partial charge on any atom is 0.247 e. The topological polar surface area (TPSA) is 81.1 Å². The molecule has 0 saturated heterocycles. The lowest BCUT2D eigenvalue weighted by molar-refractivity contribution is -0.118. The van der Waals surface area contributed by atoms with Crippen molar-refractivity contribution >= 4 is 21.6 Å². The van der Waals surface area contributed by atoms with Gasteiger partial charge in [0.25, 0.3) is 0 Å². The van der Waals surface area contributed by atoms with E-state index >= 15 is 0 Å². The molecule has 6 nitrogen and oxygen atoms in total. The van der Waals surface area contributed by atoms with E-state index in [-0.39, 0.29) is 4.90 Å². The minimum absolute atomic E-state index is 0.255. The monoisotopic (exact) mass is 361 g/mol. The molecule has 1 saturated carbocycles. The summed E-state index contributed by atoms with van der Waals surface area (Å²) in [6.45, 7) is 3.62. The Bertz CT molecular complexity index is 909. The van der Waals surface area contributed by atoms with Gasteiger partial charge in [-0.15, -0.1) is 0 Å². The number of aryl methyl sites for hydroxylation is 3. The Labute approximate surface area is 148 Å². The second-order valence-corrected chi connectivity index (χ2v) is 9.03. The van der Waals surface area contributed by atoms with Crippen molar-refractivity contribution in [2.75, 3.05) is 5.32 Å². The van der Waals surface area contributed by atoms with Crippen LogP contribution in [-0.2, 0) is 21.7 Å². The van der Waals surface area contributed by atoms with E-state index in [2.05, 4.69) is 10.4 Å². The van der Waals surface area contributed by atoms with Crippen LogP contribution in [0.4, 0.5) is 5.82 Å². The van der Waals surface area contributed by atoms with Gasteiger partial charge in [-0.1, -0.05) is 25.0 Å². The number of hydrogen-bond donors (Lipinski definition) is 1. The smallest absolute Gasteiger partial charge is 0.247 e. The fourth-order valence-electron chi connectivity index (χ4n) is 3.48. The van der Waals surface area contributed by atoms with E-state index in [1.54, 1.807) is 43.0 Å².